The Hall–Kier alpha value is -1.55. The van der Waals surface area contributed by atoms with Crippen molar-refractivity contribution in [1.82, 2.24) is 10.2 Å². The van der Waals surface area contributed by atoms with E-state index in [4.69, 9.17) is 4.74 Å². The van der Waals surface area contributed by atoms with E-state index in [9.17, 15) is 4.79 Å². The normalized spacial score (nSPS) is 21.2. The number of ether oxygens (including phenoxy) is 1. The van der Waals surface area contributed by atoms with Crippen molar-refractivity contribution in [1.29, 1.82) is 0 Å². The topological polar surface area (TPSA) is 41.6 Å². The first-order valence-corrected chi connectivity index (χ1v) is 8.13. The van der Waals surface area contributed by atoms with Crippen LogP contribution in [0.4, 0.5) is 4.79 Å². The lowest BCUT2D eigenvalue weighted by Crippen LogP contribution is -2.49. The van der Waals surface area contributed by atoms with E-state index < -0.39 is 5.60 Å². The van der Waals surface area contributed by atoms with E-state index in [1.807, 2.05) is 26.8 Å². The minimum Gasteiger partial charge on any atom is -0.444 e. The molecule has 1 aliphatic heterocycles. The van der Waals surface area contributed by atoms with Gasteiger partial charge in [0.2, 0.25) is 0 Å². The Labute approximate surface area is 133 Å². The summed E-state index contributed by atoms with van der Waals surface area (Å²) >= 11 is 0. The minimum absolute atomic E-state index is 0.162. The lowest BCUT2D eigenvalue weighted by Gasteiger charge is -2.37. The fourth-order valence-corrected chi connectivity index (χ4v) is 2.89. The quantitative estimate of drug-likeness (QED) is 0.925. The lowest BCUT2D eigenvalue weighted by atomic mass is 10.0. The maximum atomic E-state index is 11.9. The Kier molecular flexibility index (Phi) is 5.46. The molecule has 122 valence electrons. The van der Waals surface area contributed by atoms with Crippen molar-refractivity contribution in [2.45, 2.75) is 58.2 Å². The maximum absolute atomic E-state index is 11.9. The molecule has 1 heterocycles. The minimum atomic E-state index is -0.449. The number of hydrogen-bond acceptors (Lipinski definition) is 3. The Balaban J connectivity index is 1.90. The number of nitrogens with one attached hydrogen (secondary N) is 1. The van der Waals surface area contributed by atoms with E-state index in [1.165, 1.54) is 5.56 Å². The molecule has 1 saturated heterocycles. The summed E-state index contributed by atoms with van der Waals surface area (Å²) in [6.07, 6.45) is 1.79. The van der Waals surface area contributed by atoms with Crippen LogP contribution < -0.4 is 5.32 Å². The molecule has 0 radical (unpaired) electrons. The highest BCUT2D eigenvalue weighted by Gasteiger charge is 2.26. The van der Waals surface area contributed by atoms with E-state index >= 15 is 0 Å². The van der Waals surface area contributed by atoms with Crippen molar-refractivity contribution in [3.05, 3.63) is 35.9 Å². The Morgan fingerprint density at radius 3 is 2.64 bits per heavy atom. The highest BCUT2D eigenvalue weighted by Crippen LogP contribution is 2.24. The molecule has 0 bridgehead atoms. The molecule has 2 rings (SSSR count). The molecule has 1 aliphatic rings. The summed E-state index contributed by atoms with van der Waals surface area (Å²) in [7, 11) is 0. The van der Waals surface area contributed by atoms with Gasteiger partial charge in [0.05, 0.1) is 0 Å². The summed E-state index contributed by atoms with van der Waals surface area (Å²) in [5.74, 6) is 0. The van der Waals surface area contributed by atoms with Crippen LogP contribution in [0.25, 0.3) is 0 Å². The van der Waals surface area contributed by atoms with Crippen LogP contribution >= 0.6 is 0 Å². The molecule has 2 atom stereocenters. The van der Waals surface area contributed by atoms with Gasteiger partial charge in [0, 0.05) is 18.6 Å². The number of alkyl carbamates (subject to hydrolysis) is 1. The second-order valence-electron chi connectivity index (χ2n) is 7.07. The first kappa shape index (κ1) is 16.8. The highest BCUT2D eigenvalue weighted by molar-refractivity contribution is 5.68. The van der Waals surface area contributed by atoms with E-state index in [-0.39, 0.29) is 12.1 Å². The number of carbonyl (C=O) groups is 1. The molecule has 0 aliphatic carbocycles. The number of hydrogen-bond donors (Lipinski definition) is 1. The van der Waals surface area contributed by atoms with Gasteiger partial charge in [0.25, 0.3) is 0 Å². The van der Waals surface area contributed by atoms with E-state index in [0.717, 1.165) is 25.9 Å². The number of benzene rings is 1. The standard InChI is InChI=1S/C18H28N2O2/c1-14(15-9-6-5-7-10-15)20-12-8-11-16(13-20)19-17(21)22-18(2,3)4/h5-7,9-10,14,16H,8,11-13H2,1-4H3,(H,19,21)/t14-,16+/m0/s1. The molecule has 0 unspecified atom stereocenters. The molecule has 4 nitrogen and oxygen atoms in total. The third-order valence-corrected chi connectivity index (χ3v) is 4.00. The summed E-state index contributed by atoms with van der Waals surface area (Å²) in [5.41, 5.74) is 0.871. The van der Waals surface area contributed by atoms with Crippen molar-refractivity contribution in [3.63, 3.8) is 0 Å². The van der Waals surface area contributed by atoms with Crippen LogP contribution in [0.1, 0.15) is 52.1 Å². The van der Waals surface area contributed by atoms with E-state index in [1.54, 1.807) is 0 Å². The number of carbonyl (C=O) groups excluding carboxylic acids is 1. The molecule has 1 aromatic carbocycles. The molecule has 1 amide bonds. The molecular weight excluding hydrogens is 276 g/mol. The molecular formula is C18H28N2O2. The van der Waals surface area contributed by atoms with E-state index in [2.05, 4.69) is 41.4 Å². The van der Waals surface area contributed by atoms with Crippen molar-refractivity contribution in [3.8, 4) is 0 Å². The zero-order chi connectivity index (χ0) is 16.2. The fourth-order valence-electron chi connectivity index (χ4n) is 2.89. The monoisotopic (exact) mass is 304 g/mol. The maximum Gasteiger partial charge on any atom is 0.407 e. The molecule has 22 heavy (non-hydrogen) atoms. The summed E-state index contributed by atoms with van der Waals surface area (Å²) < 4.78 is 5.35. The Bertz CT molecular complexity index is 482. The average molecular weight is 304 g/mol. The van der Waals surface area contributed by atoms with Crippen LogP contribution in [0.5, 0.6) is 0 Å². The molecule has 0 saturated carbocycles. The van der Waals surface area contributed by atoms with Gasteiger partial charge in [0.15, 0.2) is 0 Å². The Morgan fingerprint density at radius 2 is 2.00 bits per heavy atom. The van der Waals surface area contributed by atoms with Crippen LogP contribution in [0.3, 0.4) is 0 Å². The molecule has 1 N–H and O–H groups in total. The molecule has 0 spiro atoms. The van der Waals surface area contributed by atoms with Gasteiger partial charge in [-0.05, 0) is 52.6 Å². The molecule has 1 aromatic rings. The summed E-state index contributed by atoms with van der Waals surface area (Å²) in [5, 5.41) is 3.01. The fraction of sp³-hybridized carbons (Fsp3) is 0.611. The van der Waals surface area contributed by atoms with E-state index in [0.29, 0.717) is 6.04 Å². The van der Waals surface area contributed by atoms with Gasteiger partial charge in [-0.15, -0.1) is 0 Å². The third kappa shape index (κ3) is 5.02. The summed E-state index contributed by atoms with van der Waals surface area (Å²) in [4.78, 5) is 14.4. The SMILES string of the molecule is C[C@@H](c1ccccc1)N1CCC[C@@H](NC(=O)OC(C)(C)C)C1. The van der Waals surface area contributed by atoms with Crippen LogP contribution in [0.2, 0.25) is 0 Å². The highest BCUT2D eigenvalue weighted by atomic mass is 16.6. The van der Waals surface area contributed by atoms with Crippen molar-refractivity contribution in [2.24, 2.45) is 0 Å². The third-order valence-electron chi connectivity index (χ3n) is 4.00. The van der Waals surface area contributed by atoms with Gasteiger partial charge in [-0.1, -0.05) is 30.3 Å². The number of rotatable bonds is 3. The molecule has 0 aromatic heterocycles. The molecule has 4 heteroatoms. The van der Waals surface area contributed by atoms with Crippen LogP contribution in [-0.2, 0) is 4.74 Å². The summed E-state index contributed by atoms with van der Waals surface area (Å²) in [6.45, 7) is 9.83. The second-order valence-corrected chi connectivity index (χ2v) is 7.07. The number of nitrogens with zero attached hydrogens (tertiary/aromatic N) is 1. The zero-order valence-electron chi connectivity index (χ0n) is 14.1. The van der Waals surface area contributed by atoms with Crippen LogP contribution in [0, 0.1) is 0 Å². The lowest BCUT2D eigenvalue weighted by molar-refractivity contribution is 0.0458. The first-order valence-electron chi connectivity index (χ1n) is 8.13. The predicted molar refractivity (Wildman–Crippen MR) is 88.8 cm³/mol. The number of piperidine rings is 1. The predicted octanol–water partition coefficient (Wildman–Crippen LogP) is 3.74. The average Bonchev–Trinajstić information content (AvgIpc) is 2.45. The Morgan fingerprint density at radius 1 is 1.32 bits per heavy atom. The second kappa shape index (κ2) is 7.14. The van der Waals surface area contributed by atoms with Gasteiger partial charge in [-0.3, -0.25) is 4.90 Å². The van der Waals surface area contributed by atoms with Gasteiger partial charge in [-0.2, -0.15) is 0 Å². The molecule has 1 fully saturated rings. The summed E-state index contributed by atoms with van der Waals surface area (Å²) in [6, 6.07) is 11.0. The van der Waals surface area contributed by atoms with Gasteiger partial charge < -0.3 is 10.1 Å². The van der Waals surface area contributed by atoms with Crippen LogP contribution in [-0.4, -0.2) is 35.7 Å². The number of likely N-dealkylation sites (tertiary alicyclic amines) is 1. The van der Waals surface area contributed by atoms with Gasteiger partial charge in [0.1, 0.15) is 5.60 Å². The van der Waals surface area contributed by atoms with Crippen LogP contribution in [0.15, 0.2) is 30.3 Å². The van der Waals surface area contributed by atoms with Crippen molar-refractivity contribution in [2.75, 3.05) is 13.1 Å². The van der Waals surface area contributed by atoms with Gasteiger partial charge >= 0.3 is 6.09 Å². The van der Waals surface area contributed by atoms with Crippen molar-refractivity contribution < 1.29 is 9.53 Å². The first-order chi connectivity index (χ1) is 10.3. The van der Waals surface area contributed by atoms with Crippen molar-refractivity contribution >= 4 is 6.09 Å². The largest absolute Gasteiger partial charge is 0.444 e. The zero-order valence-corrected chi connectivity index (χ0v) is 14.1. The van der Waals surface area contributed by atoms with Gasteiger partial charge in [-0.25, -0.2) is 4.79 Å². The smallest absolute Gasteiger partial charge is 0.407 e. The number of amides is 1.